The molecule has 1 fully saturated rings. The van der Waals surface area contributed by atoms with Crippen LogP contribution in [0.1, 0.15) is 44.2 Å². The molecule has 0 aliphatic heterocycles. The van der Waals surface area contributed by atoms with E-state index in [1.165, 1.54) is 40.7 Å². The summed E-state index contributed by atoms with van der Waals surface area (Å²) in [5.41, 5.74) is 14.0. The summed E-state index contributed by atoms with van der Waals surface area (Å²) in [5.74, 6) is 0.618. The molecule has 2 nitrogen and oxygen atoms in total. The molecule has 1 saturated carbocycles. The summed E-state index contributed by atoms with van der Waals surface area (Å²) in [6, 6.07) is 8.56. The third-order valence-electron chi connectivity index (χ3n) is 5.20. The van der Waals surface area contributed by atoms with Gasteiger partial charge in [-0.05, 0) is 73.5 Å². The number of nitrogens with two attached hydrogens (primary N) is 1. The Morgan fingerprint density at radius 2 is 1.88 bits per heavy atom. The average Bonchev–Trinajstić information content (AvgIpc) is 3.44. The number of aryl methyl sites for hydroxylation is 1. The molecule has 0 saturated heterocycles. The molecule has 0 atom stereocenters. The van der Waals surface area contributed by atoms with E-state index in [1.54, 1.807) is 0 Å². The molecule has 0 bridgehead atoms. The Bertz CT molecular complexity index is 871. The lowest BCUT2D eigenvalue weighted by molar-refractivity contribution is -0.114. The fraction of sp³-hybridized carbons (Fsp3) is 0.292. The third-order valence-corrected chi connectivity index (χ3v) is 5.20. The third kappa shape index (κ3) is 3.65. The minimum absolute atomic E-state index is 0.0694. The van der Waals surface area contributed by atoms with Crippen molar-refractivity contribution >= 4 is 11.4 Å². The molecule has 1 aromatic carbocycles. The Morgan fingerprint density at radius 3 is 2.42 bits per heavy atom. The second kappa shape index (κ2) is 7.33. The van der Waals surface area contributed by atoms with Gasteiger partial charge in [-0.3, -0.25) is 4.79 Å². The van der Waals surface area contributed by atoms with Gasteiger partial charge in [-0.15, -0.1) is 0 Å². The van der Waals surface area contributed by atoms with Crippen LogP contribution in [0.15, 0.2) is 77.1 Å². The van der Waals surface area contributed by atoms with Gasteiger partial charge >= 0.3 is 0 Å². The number of hydrogen-bond acceptors (Lipinski definition) is 2. The van der Waals surface area contributed by atoms with Gasteiger partial charge in [0.15, 0.2) is 5.78 Å². The van der Waals surface area contributed by atoms with Gasteiger partial charge in [0.2, 0.25) is 0 Å². The van der Waals surface area contributed by atoms with Crippen molar-refractivity contribution in [2.24, 2.45) is 11.7 Å². The molecule has 0 spiro atoms. The number of carbonyl (C=O) groups excluding carboxylic acids is 1. The van der Waals surface area contributed by atoms with E-state index in [0.29, 0.717) is 23.6 Å². The molecule has 2 N–H and O–H groups in total. The van der Waals surface area contributed by atoms with Crippen LogP contribution in [-0.2, 0) is 4.79 Å². The van der Waals surface area contributed by atoms with Crippen molar-refractivity contribution in [1.29, 1.82) is 0 Å². The van der Waals surface area contributed by atoms with Crippen LogP contribution in [0, 0.1) is 12.8 Å². The van der Waals surface area contributed by atoms with Crippen LogP contribution in [0.2, 0.25) is 0 Å². The van der Waals surface area contributed by atoms with Crippen LogP contribution < -0.4 is 5.73 Å². The smallest absolute Gasteiger partial charge is 0.169 e. The maximum Gasteiger partial charge on any atom is 0.169 e. The second-order valence-corrected chi connectivity index (χ2v) is 7.30. The molecule has 2 aliphatic carbocycles. The van der Waals surface area contributed by atoms with E-state index < -0.39 is 0 Å². The summed E-state index contributed by atoms with van der Waals surface area (Å²) in [4.78, 5) is 12.6. The van der Waals surface area contributed by atoms with Crippen molar-refractivity contribution in [2.45, 2.75) is 40.0 Å². The fourth-order valence-electron chi connectivity index (χ4n) is 3.56. The van der Waals surface area contributed by atoms with Crippen molar-refractivity contribution in [3.8, 4) is 0 Å². The van der Waals surface area contributed by atoms with Crippen molar-refractivity contribution < 1.29 is 4.79 Å². The Kier molecular flexibility index (Phi) is 5.13. The molecular weight excluding hydrogens is 318 g/mol. The van der Waals surface area contributed by atoms with Gasteiger partial charge in [0.05, 0.1) is 0 Å². The summed E-state index contributed by atoms with van der Waals surface area (Å²) in [5, 5.41) is 0. The lowest BCUT2D eigenvalue weighted by Crippen LogP contribution is -2.17. The zero-order valence-electron chi connectivity index (χ0n) is 15.9. The van der Waals surface area contributed by atoms with Crippen molar-refractivity contribution in [2.75, 3.05) is 0 Å². The molecular formula is C24H27NO. The zero-order valence-corrected chi connectivity index (χ0v) is 15.9. The molecule has 0 amide bonds. The van der Waals surface area contributed by atoms with Gasteiger partial charge in [0.25, 0.3) is 0 Å². The van der Waals surface area contributed by atoms with Gasteiger partial charge in [-0.2, -0.15) is 0 Å². The number of benzene rings is 1. The molecule has 0 unspecified atom stereocenters. The topological polar surface area (TPSA) is 43.1 Å². The summed E-state index contributed by atoms with van der Waals surface area (Å²) >= 11 is 0. The Balaban J connectivity index is 2.17. The van der Waals surface area contributed by atoms with E-state index in [9.17, 15) is 4.79 Å². The molecule has 2 heteroatoms. The fourth-order valence-corrected chi connectivity index (χ4v) is 3.56. The van der Waals surface area contributed by atoms with E-state index in [2.05, 4.69) is 56.8 Å². The lowest BCUT2D eigenvalue weighted by atomic mass is 9.82. The first-order valence-electron chi connectivity index (χ1n) is 9.26. The first-order valence-corrected chi connectivity index (χ1v) is 9.26. The summed E-state index contributed by atoms with van der Waals surface area (Å²) in [6.45, 7) is 10.0. The zero-order chi connectivity index (χ0) is 18.8. The normalized spacial score (nSPS) is 18.9. The highest BCUT2D eigenvalue weighted by Crippen LogP contribution is 2.44. The second-order valence-electron chi connectivity index (χ2n) is 7.30. The number of ketones is 1. The Morgan fingerprint density at radius 1 is 1.23 bits per heavy atom. The first kappa shape index (κ1) is 18.2. The van der Waals surface area contributed by atoms with Crippen molar-refractivity contribution in [1.82, 2.24) is 0 Å². The average molecular weight is 345 g/mol. The van der Waals surface area contributed by atoms with Gasteiger partial charge in [-0.25, -0.2) is 0 Å². The van der Waals surface area contributed by atoms with Gasteiger partial charge in [0, 0.05) is 17.7 Å². The SMILES string of the molecule is C=C(N)C1=CC(C2CC2)=C(/C(C)=C(\C=C/C)c2ccc(C)cc2)CC1=O. The molecule has 0 radical (unpaired) electrons. The minimum Gasteiger partial charge on any atom is -0.399 e. The van der Waals surface area contributed by atoms with Crippen LogP contribution in [0.25, 0.3) is 5.57 Å². The van der Waals surface area contributed by atoms with Gasteiger partial charge < -0.3 is 5.73 Å². The number of carbonyl (C=O) groups is 1. The number of allylic oxidation sites excluding steroid dienone is 8. The van der Waals surface area contributed by atoms with Gasteiger partial charge in [-0.1, -0.05) is 48.6 Å². The predicted octanol–water partition coefficient (Wildman–Crippen LogP) is 5.42. The summed E-state index contributed by atoms with van der Waals surface area (Å²) < 4.78 is 0. The minimum atomic E-state index is 0.0694. The Labute approximate surface area is 156 Å². The maximum atomic E-state index is 12.6. The number of Topliss-reactive ketones (excluding diaryl/α,β-unsaturated/α-hetero) is 1. The number of rotatable bonds is 5. The van der Waals surface area contributed by atoms with Crippen molar-refractivity contribution in [3.05, 3.63) is 88.2 Å². The van der Waals surface area contributed by atoms with Gasteiger partial charge in [0.1, 0.15) is 0 Å². The highest BCUT2D eigenvalue weighted by Gasteiger charge is 2.32. The first-order chi connectivity index (χ1) is 12.4. The predicted molar refractivity (Wildman–Crippen MR) is 109 cm³/mol. The molecule has 1 aromatic rings. The molecule has 26 heavy (non-hydrogen) atoms. The van der Waals surface area contributed by atoms with Crippen LogP contribution in [0.3, 0.4) is 0 Å². The quantitative estimate of drug-likeness (QED) is 0.724. The monoisotopic (exact) mass is 345 g/mol. The highest BCUT2D eigenvalue weighted by atomic mass is 16.1. The largest absolute Gasteiger partial charge is 0.399 e. The van der Waals surface area contributed by atoms with E-state index in [-0.39, 0.29) is 5.78 Å². The summed E-state index contributed by atoms with van der Waals surface area (Å²) in [7, 11) is 0. The van der Waals surface area contributed by atoms with E-state index in [1.807, 2.05) is 13.0 Å². The standard InChI is InChI=1S/C24H27NO/c1-5-6-20(18-9-7-15(2)8-10-18)16(3)21-14-24(26)22(17(4)25)13-23(21)19-11-12-19/h5-10,13,19H,4,11-12,14,25H2,1-3H3/b6-5-,20-16+. The van der Waals surface area contributed by atoms with Crippen LogP contribution >= 0.6 is 0 Å². The van der Waals surface area contributed by atoms with Crippen molar-refractivity contribution in [3.63, 3.8) is 0 Å². The van der Waals surface area contributed by atoms with Crippen LogP contribution in [0.5, 0.6) is 0 Å². The molecule has 0 heterocycles. The lowest BCUT2D eigenvalue weighted by Gasteiger charge is -2.22. The Hall–Kier alpha value is -2.61. The van der Waals surface area contributed by atoms with E-state index in [0.717, 1.165) is 5.57 Å². The molecule has 0 aromatic heterocycles. The summed E-state index contributed by atoms with van der Waals surface area (Å²) in [6.07, 6.45) is 8.97. The van der Waals surface area contributed by atoms with Crippen LogP contribution in [0.4, 0.5) is 0 Å². The molecule has 2 aliphatic rings. The van der Waals surface area contributed by atoms with Crippen LogP contribution in [-0.4, -0.2) is 5.78 Å². The van der Waals surface area contributed by atoms with E-state index in [4.69, 9.17) is 5.73 Å². The number of hydrogen-bond donors (Lipinski definition) is 1. The molecule has 134 valence electrons. The maximum absolute atomic E-state index is 12.6. The van der Waals surface area contributed by atoms with E-state index >= 15 is 0 Å². The highest BCUT2D eigenvalue weighted by molar-refractivity contribution is 6.03. The molecule has 3 rings (SSSR count).